The Morgan fingerprint density at radius 1 is 1.04 bits per heavy atom. The quantitative estimate of drug-likeness (QED) is 0.422. The largest absolute Gasteiger partial charge is 0.508 e. The van der Waals surface area contributed by atoms with Gasteiger partial charge in [-0.05, 0) is 47.0 Å². The average molecular weight is 345 g/mol. The molecule has 130 valence electrons. The van der Waals surface area contributed by atoms with Gasteiger partial charge in [-0.2, -0.15) is 0 Å². The maximum atomic E-state index is 12.0. The second kappa shape index (κ2) is 6.65. The van der Waals surface area contributed by atoms with E-state index in [2.05, 4.69) is 5.32 Å². The number of hydrogen-bond acceptors (Lipinski definition) is 4. The fourth-order valence-corrected chi connectivity index (χ4v) is 3.33. The lowest BCUT2D eigenvalue weighted by atomic mass is 10.0. The van der Waals surface area contributed by atoms with Crippen LogP contribution in [0.15, 0.2) is 75.9 Å². The Balaban J connectivity index is 1.74. The molecule has 1 aromatic heterocycles. The summed E-state index contributed by atoms with van der Waals surface area (Å²) in [5.74, 6) is 0.243. The van der Waals surface area contributed by atoms with Crippen molar-refractivity contribution in [1.29, 1.82) is 0 Å². The van der Waals surface area contributed by atoms with Gasteiger partial charge < -0.3 is 14.8 Å². The van der Waals surface area contributed by atoms with Crippen LogP contribution in [0.5, 0.6) is 5.75 Å². The van der Waals surface area contributed by atoms with E-state index in [0.29, 0.717) is 12.1 Å². The predicted octanol–water partition coefficient (Wildman–Crippen LogP) is 4.50. The summed E-state index contributed by atoms with van der Waals surface area (Å²) in [6.07, 6.45) is 0. The predicted molar refractivity (Wildman–Crippen MR) is 103 cm³/mol. The van der Waals surface area contributed by atoms with E-state index in [4.69, 9.17) is 4.42 Å². The molecule has 0 amide bonds. The number of benzene rings is 3. The fourth-order valence-electron chi connectivity index (χ4n) is 3.33. The molecule has 0 unspecified atom stereocenters. The minimum Gasteiger partial charge on any atom is -0.508 e. The van der Waals surface area contributed by atoms with Crippen LogP contribution >= 0.6 is 0 Å². The molecule has 0 fully saturated rings. The zero-order chi connectivity index (χ0) is 18.1. The first kappa shape index (κ1) is 16.4. The number of phenolic OH excluding ortho intramolecular Hbond substituents is 1. The molecule has 0 aliphatic carbocycles. The van der Waals surface area contributed by atoms with E-state index in [1.54, 1.807) is 18.2 Å². The minimum atomic E-state index is -0.352. The Morgan fingerprint density at radius 2 is 1.88 bits per heavy atom. The van der Waals surface area contributed by atoms with Crippen molar-refractivity contribution in [2.45, 2.75) is 19.5 Å². The highest BCUT2D eigenvalue weighted by atomic mass is 16.4. The molecule has 4 aromatic rings. The number of nitrogens with one attached hydrogen (secondary N) is 1. The molecule has 0 aliphatic heterocycles. The Kier molecular flexibility index (Phi) is 4.19. The van der Waals surface area contributed by atoms with Gasteiger partial charge in [-0.15, -0.1) is 0 Å². The van der Waals surface area contributed by atoms with Crippen molar-refractivity contribution in [3.05, 3.63) is 88.3 Å². The second-order valence-corrected chi connectivity index (χ2v) is 6.45. The van der Waals surface area contributed by atoms with Crippen LogP contribution in [0.1, 0.15) is 24.1 Å². The number of rotatable bonds is 4. The van der Waals surface area contributed by atoms with Gasteiger partial charge in [0.25, 0.3) is 0 Å². The standard InChI is InChI=1S/C22H19NO3/c1-14(16-6-4-7-18(24)11-16)23-13-17-12-21(25)26-20-10-9-15-5-2-3-8-19(15)22(17)20/h2-12,14,23-24H,13H2,1H3/t14-/m1/s1. The van der Waals surface area contributed by atoms with Crippen LogP contribution in [0.3, 0.4) is 0 Å². The molecule has 0 aliphatic rings. The molecule has 2 N–H and O–H groups in total. The molecule has 3 aromatic carbocycles. The molecule has 0 saturated carbocycles. The van der Waals surface area contributed by atoms with Crippen LogP contribution in [-0.2, 0) is 6.54 Å². The van der Waals surface area contributed by atoms with Gasteiger partial charge in [0.1, 0.15) is 11.3 Å². The lowest BCUT2D eigenvalue weighted by molar-refractivity contribution is 0.472. The summed E-state index contributed by atoms with van der Waals surface area (Å²) < 4.78 is 5.40. The first-order valence-corrected chi connectivity index (χ1v) is 8.58. The van der Waals surface area contributed by atoms with Crippen molar-refractivity contribution in [2.75, 3.05) is 0 Å². The van der Waals surface area contributed by atoms with E-state index < -0.39 is 0 Å². The Labute approximate surface area is 150 Å². The van der Waals surface area contributed by atoms with Crippen molar-refractivity contribution >= 4 is 21.7 Å². The molecule has 0 radical (unpaired) electrons. The van der Waals surface area contributed by atoms with Gasteiger partial charge in [0, 0.05) is 24.0 Å². The van der Waals surface area contributed by atoms with Gasteiger partial charge in [-0.3, -0.25) is 0 Å². The number of phenols is 1. The molecular weight excluding hydrogens is 326 g/mol. The van der Waals surface area contributed by atoms with Gasteiger partial charge in [0.15, 0.2) is 0 Å². The highest BCUT2D eigenvalue weighted by Gasteiger charge is 2.11. The molecule has 4 heteroatoms. The van der Waals surface area contributed by atoms with E-state index >= 15 is 0 Å². The number of fused-ring (bicyclic) bond motifs is 3. The first-order chi connectivity index (χ1) is 12.6. The normalized spacial score (nSPS) is 12.5. The van der Waals surface area contributed by atoms with Crippen LogP contribution in [-0.4, -0.2) is 5.11 Å². The van der Waals surface area contributed by atoms with E-state index in [9.17, 15) is 9.90 Å². The number of hydrogen-bond donors (Lipinski definition) is 2. The van der Waals surface area contributed by atoms with Crippen LogP contribution in [0.25, 0.3) is 21.7 Å². The lowest BCUT2D eigenvalue weighted by Gasteiger charge is -2.16. The smallest absolute Gasteiger partial charge is 0.336 e. The monoisotopic (exact) mass is 345 g/mol. The van der Waals surface area contributed by atoms with Gasteiger partial charge in [-0.25, -0.2) is 4.79 Å². The van der Waals surface area contributed by atoms with E-state index in [0.717, 1.165) is 27.3 Å². The fraction of sp³-hybridized carbons (Fsp3) is 0.136. The Bertz CT molecular complexity index is 1150. The topological polar surface area (TPSA) is 62.5 Å². The van der Waals surface area contributed by atoms with E-state index in [-0.39, 0.29) is 17.4 Å². The third-order valence-electron chi connectivity index (χ3n) is 4.68. The lowest BCUT2D eigenvalue weighted by Crippen LogP contribution is -2.19. The molecule has 0 bridgehead atoms. The van der Waals surface area contributed by atoms with Crippen LogP contribution in [0, 0.1) is 0 Å². The van der Waals surface area contributed by atoms with Crippen molar-refractivity contribution in [1.82, 2.24) is 5.32 Å². The zero-order valence-corrected chi connectivity index (χ0v) is 14.4. The molecule has 1 heterocycles. The van der Waals surface area contributed by atoms with Crippen LogP contribution in [0.4, 0.5) is 0 Å². The molecule has 0 saturated heterocycles. The third kappa shape index (κ3) is 3.07. The highest BCUT2D eigenvalue weighted by Crippen LogP contribution is 2.28. The molecule has 1 atom stereocenters. The van der Waals surface area contributed by atoms with Crippen molar-refractivity contribution in [2.24, 2.45) is 0 Å². The average Bonchev–Trinajstić information content (AvgIpc) is 2.65. The summed E-state index contributed by atoms with van der Waals surface area (Å²) in [4.78, 5) is 12.0. The summed E-state index contributed by atoms with van der Waals surface area (Å²) in [6.45, 7) is 2.55. The maximum Gasteiger partial charge on any atom is 0.336 e. The summed E-state index contributed by atoms with van der Waals surface area (Å²) in [5.41, 5.74) is 2.13. The van der Waals surface area contributed by atoms with Crippen LogP contribution in [0.2, 0.25) is 0 Å². The third-order valence-corrected chi connectivity index (χ3v) is 4.68. The van der Waals surface area contributed by atoms with E-state index in [1.807, 2.05) is 55.5 Å². The van der Waals surface area contributed by atoms with Gasteiger partial charge in [-0.1, -0.05) is 42.5 Å². The SMILES string of the molecule is C[C@@H](NCc1cc(=O)oc2ccc3ccccc3c12)c1cccc(O)c1. The Morgan fingerprint density at radius 3 is 2.73 bits per heavy atom. The highest BCUT2D eigenvalue weighted by molar-refractivity contribution is 6.07. The zero-order valence-electron chi connectivity index (χ0n) is 14.4. The number of aromatic hydroxyl groups is 1. The maximum absolute atomic E-state index is 12.0. The summed E-state index contributed by atoms with van der Waals surface area (Å²) in [7, 11) is 0. The minimum absolute atomic E-state index is 0.0272. The van der Waals surface area contributed by atoms with Gasteiger partial charge >= 0.3 is 5.63 Å². The molecule has 0 spiro atoms. The van der Waals surface area contributed by atoms with Crippen molar-refractivity contribution in [3.63, 3.8) is 0 Å². The van der Waals surface area contributed by atoms with Crippen LogP contribution < -0.4 is 10.9 Å². The molecule has 26 heavy (non-hydrogen) atoms. The molecular formula is C22H19NO3. The molecule has 4 rings (SSSR count). The van der Waals surface area contributed by atoms with Gasteiger partial charge in [0.05, 0.1) is 0 Å². The molecule has 4 nitrogen and oxygen atoms in total. The second-order valence-electron chi connectivity index (χ2n) is 6.45. The van der Waals surface area contributed by atoms with Gasteiger partial charge in [0.2, 0.25) is 0 Å². The van der Waals surface area contributed by atoms with E-state index in [1.165, 1.54) is 0 Å². The Hall–Kier alpha value is -3.11. The van der Waals surface area contributed by atoms with Crippen molar-refractivity contribution in [3.8, 4) is 5.75 Å². The van der Waals surface area contributed by atoms with Crippen molar-refractivity contribution < 1.29 is 9.52 Å². The summed E-state index contributed by atoms with van der Waals surface area (Å²) in [6, 6.07) is 20.6. The summed E-state index contributed by atoms with van der Waals surface area (Å²) >= 11 is 0. The summed E-state index contributed by atoms with van der Waals surface area (Å²) in [5, 5.41) is 16.2. The first-order valence-electron chi connectivity index (χ1n) is 8.58.